The van der Waals surface area contributed by atoms with Crippen LogP contribution in [0.3, 0.4) is 0 Å². The highest BCUT2D eigenvalue weighted by molar-refractivity contribution is 6.30. The molecule has 5 heteroatoms. The summed E-state index contributed by atoms with van der Waals surface area (Å²) < 4.78 is 4.75. The third-order valence-corrected chi connectivity index (χ3v) is 2.56. The van der Waals surface area contributed by atoms with Gasteiger partial charge in [-0.3, -0.25) is 9.59 Å². The van der Waals surface area contributed by atoms with Crippen molar-refractivity contribution in [2.24, 2.45) is 0 Å². The predicted molar refractivity (Wildman–Crippen MR) is 70.7 cm³/mol. The summed E-state index contributed by atoms with van der Waals surface area (Å²) in [6, 6.07) is 5.21. The normalized spacial score (nSPS) is 9.94. The molecule has 0 radical (unpaired) electrons. The van der Waals surface area contributed by atoms with Crippen molar-refractivity contribution in [3.05, 3.63) is 28.8 Å². The standard InChI is InChI=1S/C13H16ClNO3/c1-3-18-13(17)7-6-12(16)15-11-5-4-10(14)8-9(11)2/h4-5,8H,3,6-7H2,1-2H3,(H,15,16). The Morgan fingerprint density at radius 3 is 2.67 bits per heavy atom. The molecule has 18 heavy (non-hydrogen) atoms. The summed E-state index contributed by atoms with van der Waals surface area (Å²) in [6.45, 7) is 3.92. The Balaban J connectivity index is 2.47. The quantitative estimate of drug-likeness (QED) is 0.836. The Hall–Kier alpha value is -1.55. The van der Waals surface area contributed by atoms with Gasteiger partial charge in [-0.05, 0) is 37.6 Å². The number of anilines is 1. The van der Waals surface area contributed by atoms with Gasteiger partial charge in [0.05, 0.1) is 13.0 Å². The van der Waals surface area contributed by atoms with Crippen LogP contribution in [0.15, 0.2) is 18.2 Å². The Morgan fingerprint density at radius 2 is 2.06 bits per heavy atom. The number of carbonyl (C=O) groups excluding carboxylic acids is 2. The van der Waals surface area contributed by atoms with Crippen LogP contribution in [0.1, 0.15) is 25.3 Å². The Bertz CT molecular complexity index is 446. The molecule has 1 N–H and O–H groups in total. The number of benzene rings is 1. The number of amides is 1. The van der Waals surface area contributed by atoms with Crippen LogP contribution in [-0.2, 0) is 14.3 Å². The predicted octanol–water partition coefficient (Wildman–Crippen LogP) is 2.93. The van der Waals surface area contributed by atoms with Gasteiger partial charge in [-0.2, -0.15) is 0 Å². The first-order chi connectivity index (χ1) is 8.52. The molecule has 0 heterocycles. The summed E-state index contributed by atoms with van der Waals surface area (Å²) in [5.41, 5.74) is 1.58. The van der Waals surface area contributed by atoms with Gasteiger partial charge in [-0.1, -0.05) is 11.6 Å². The van der Waals surface area contributed by atoms with Crippen molar-refractivity contribution < 1.29 is 14.3 Å². The minimum absolute atomic E-state index is 0.0896. The molecule has 4 nitrogen and oxygen atoms in total. The van der Waals surface area contributed by atoms with Crippen molar-refractivity contribution in [3.8, 4) is 0 Å². The zero-order chi connectivity index (χ0) is 13.5. The van der Waals surface area contributed by atoms with Gasteiger partial charge in [-0.25, -0.2) is 0 Å². The fourth-order valence-electron chi connectivity index (χ4n) is 1.43. The third-order valence-electron chi connectivity index (χ3n) is 2.32. The summed E-state index contributed by atoms with van der Waals surface area (Å²) in [5.74, 6) is -0.575. The maximum atomic E-state index is 11.6. The molecule has 0 bridgehead atoms. The number of carbonyl (C=O) groups is 2. The molecule has 1 aromatic rings. The molecule has 0 fully saturated rings. The van der Waals surface area contributed by atoms with E-state index in [4.69, 9.17) is 16.3 Å². The summed E-state index contributed by atoms with van der Waals surface area (Å²) in [5, 5.41) is 3.35. The van der Waals surface area contributed by atoms with E-state index in [1.54, 1.807) is 25.1 Å². The number of nitrogens with one attached hydrogen (secondary N) is 1. The number of rotatable bonds is 5. The second-order valence-electron chi connectivity index (χ2n) is 3.81. The van der Waals surface area contributed by atoms with Crippen LogP contribution in [0.5, 0.6) is 0 Å². The topological polar surface area (TPSA) is 55.4 Å². The van der Waals surface area contributed by atoms with Crippen molar-refractivity contribution in [3.63, 3.8) is 0 Å². The molecule has 0 aliphatic carbocycles. The van der Waals surface area contributed by atoms with E-state index >= 15 is 0 Å². The smallest absolute Gasteiger partial charge is 0.306 e. The Labute approximate surface area is 111 Å². The maximum absolute atomic E-state index is 11.6. The van der Waals surface area contributed by atoms with Crippen molar-refractivity contribution in [2.45, 2.75) is 26.7 Å². The third kappa shape index (κ3) is 4.75. The first kappa shape index (κ1) is 14.5. The molecule has 0 saturated heterocycles. The lowest BCUT2D eigenvalue weighted by atomic mass is 10.2. The van der Waals surface area contributed by atoms with Gasteiger partial charge in [0.1, 0.15) is 0 Å². The van der Waals surface area contributed by atoms with Gasteiger partial charge in [0, 0.05) is 17.1 Å². The lowest BCUT2D eigenvalue weighted by molar-refractivity contribution is -0.144. The maximum Gasteiger partial charge on any atom is 0.306 e. The van der Waals surface area contributed by atoms with Crippen LogP contribution in [0.4, 0.5) is 5.69 Å². The molecule has 0 spiro atoms. The van der Waals surface area contributed by atoms with Crippen LogP contribution in [-0.4, -0.2) is 18.5 Å². The Morgan fingerprint density at radius 1 is 1.33 bits per heavy atom. The van der Waals surface area contributed by atoms with E-state index < -0.39 is 0 Å². The first-order valence-corrected chi connectivity index (χ1v) is 6.12. The molecule has 0 unspecified atom stereocenters. The second kappa shape index (κ2) is 7.01. The van der Waals surface area contributed by atoms with E-state index in [2.05, 4.69) is 5.32 Å². The van der Waals surface area contributed by atoms with E-state index in [0.717, 1.165) is 5.56 Å². The van der Waals surface area contributed by atoms with Gasteiger partial charge >= 0.3 is 5.97 Å². The number of ether oxygens (including phenoxy) is 1. The highest BCUT2D eigenvalue weighted by atomic mass is 35.5. The molecular weight excluding hydrogens is 254 g/mol. The summed E-state index contributed by atoms with van der Waals surface area (Å²) >= 11 is 5.82. The van der Waals surface area contributed by atoms with Gasteiger partial charge in [0.25, 0.3) is 0 Å². The van der Waals surface area contributed by atoms with Crippen molar-refractivity contribution in [1.29, 1.82) is 0 Å². The minimum Gasteiger partial charge on any atom is -0.466 e. The number of hydrogen-bond acceptors (Lipinski definition) is 3. The molecule has 1 amide bonds. The highest BCUT2D eigenvalue weighted by Gasteiger charge is 2.09. The molecule has 0 atom stereocenters. The summed E-state index contributed by atoms with van der Waals surface area (Å²) in [4.78, 5) is 22.7. The molecule has 1 aromatic carbocycles. The van der Waals surface area contributed by atoms with Crippen molar-refractivity contribution >= 4 is 29.2 Å². The van der Waals surface area contributed by atoms with Crippen LogP contribution < -0.4 is 5.32 Å². The van der Waals surface area contributed by atoms with Crippen LogP contribution in [0, 0.1) is 6.92 Å². The molecular formula is C13H16ClNO3. The summed E-state index contributed by atoms with van der Waals surface area (Å²) in [7, 11) is 0. The average molecular weight is 270 g/mol. The SMILES string of the molecule is CCOC(=O)CCC(=O)Nc1ccc(Cl)cc1C. The van der Waals surface area contributed by atoms with Gasteiger partial charge in [-0.15, -0.1) is 0 Å². The fraction of sp³-hybridized carbons (Fsp3) is 0.385. The van der Waals surface area contributed by atoms with E-state index in [9.17, 15) is 9.59 Å². The van der Waals surface area contributed by atoms with E-state index in [1.165, 1.54) is 0 Å². The molecule has 0 aliphatic rings. The number of halogens is 1. The molecule has 98 valence electrons. The van der Waals surface area contributed by atoms with E-state index in [0.29, 0.717) is 17.3 Å². The molecule has 0 aromatic heterocycles. The molecule has 0 saturated carbocycles. The zero-order valence-corrected chi connectivity index (χ0v) is 11.2. The highest BCUT2D eigenvalue weighted by Crippen LogP contribution is 2.19. The minimum atomic E-state index is -0.361. The lowest BCUT2D eigenvalue weighted by Gasteiger charge is -2.08. The van der Waals surface area contributed by atoms with Crippen LogP contribution >= 0.6 is 11.6 Å². The first-order valence-electron chi connectivity index (χ1n) is 5.74. The number of esters is 1. The van der Waals surface area contributed by atoms with Gasteiger partial charge < -0.3 is 10.1 Å². The average Bonchev–Trinajstić information content (AvgIpc) is 2.31. The number of hydrogen-bond donors (Lipinski definition) is 1. The largest absolute Gasteiger partial charge is 0.466 e. The van der Waals surface area contributed by atoms with Crippen molar-refractivity contribution in [1.82, 2.24) is 0 Å². The fourth-order valence-corrected chi connectivity index (χ4v) is 1.66. The van der Waals surface area contributed by atoms with Crippen LogP contribution in [0.2, 0.25) is 5.02 Å². The van der Waals surface area contributed by atoms with Gasteiger partial charge in [0.15, 0.2) is 0 Å². The monoisotopic (exact) mass is 269 g/mol. The van der Waals surface area contributed by atoms with Gasteiger partial charge in [0.2, 0.25) is 5.91 Å². The Kier molecular flexibility index (Phi) is 5.65. The number of aryl methyl sites for hydroxylation is 1. The molecule has 0 aliphatic heterocycles. The molecule has 1 rings (SSSR count). The zero-order valence-electron chi connectivity index (χ0n) is 10.5. The van der Waals surface area contributed by atoms with E-state index in [1.807, 2.05) is 6.92 Å². The second-order valence-corrected chi connectivity index (χ2v) is 4.25. The van der Waals surface area contributed by atoms with Crippen LogP contribution in [0.25, 0.3) is 0 Å². The summed E-state index contributed by atoms with van der Waals surface area (Å²) in [6.07, 6.45) is 0.202. The van der Waals surface area contributed by atoms with Crippen molar-refractivity contribution in [2.75, 3.05) is 11.9 Å². The van der Waals surface area contributed by atoms with E-state index in [-0.39, 0.29) is 24.7 Å². The lowest BCUT2D eigenvalue weighted by Crippen LogP contribution is -2.15.